The lowest BCUT2D eigenvalue weighted by Crippen LogP contribution is -2.57. The zero-order valence-corrected chi connectivity index (χ0v) is 21.2. The van der Waals surface area contributed by atoms with Crippen LogP contribution in [0.2, 0.25) is 0 Å². The number of nitrogens with zero attached hydrogens (tertiary/aromatic N) is 1. The lowest BCUT2D eigenvalue weighted by atomic mass is 9.87. The molecule has 9 nitrogen and oxygen atoms in total. The van der Waals surface area contributed by atoms with Crippen molar-refractivity contribution in [3.8, 4) is 0 Å². The van der Waals surface area contributed by atoms with Crippen molar-refractivity contribution in [2.24, 2.45) is 0 Å². The van der Waals surface area contributed by atoms with Crippen molar-refractivity contribution in [2.75, 3.05) is 13.7 Å². The molecule has 2 rings (SSSR count). The largest absolute Gasteiger partial charge is 0.468 e. The van der Waals surface area contributed by atoms with Gasteiger partial charge in [0, 0.05) is 6.04 Å². The summed E-state index contributed by atoms with van der Waals surface area (Å²) in [5.74, 6) is -1.47. The van der Waals surface area contributed by atoms with Crippen LogP contribution in [0.25, 0.3) is 0 Å². The van der Waals surface area contributed by atoms with Gasteiger partial charge in [-0.2, -0.15) is 0 Å². The molecule has 0 radical (unpaired) electrons. The topological polar surface area (TPSA) is 114 Å². The van der Waals surface area contributed by atoms with Crippen LogP contribution in [0.5, 0.6) is 0 Å². The highest BCUT2D eigenvalue weighted by atomic mass is 16.6. The minimum absolute atomic E-state index is 0.161. The Morgan fingerprint density at radius 1 is 1.12 bits per heavy atom. The lowest BCUT2D eigenvalue weighted by Gasteiger charge is -2.43. The second-order valence-electron chi connectivity index (χ2n) is 9.74. The molecular formula is C25H37N3O6. The van der Waals surface area contributed by atoms with Crippen LogP contribution in [0.3, 0.4) is 0 Å². The second-order valence-corrected chi connectivity index (χ2v) is 9.74. The molecular weight excluding hydrogens is 438 g/mol. The molecule has 188 valence electrons. The minimum Gasteiger partial charge on any atom is -0.468 e. The van der Waals surface area contributed by atoms with E-state index < -0.39 is 41.6 Å². The van der Waals surface area contributed by atoms with Gasteiger partial charge in [0.1, 0.15) is 24.2 Å². The second kappa shape index (κ2) is 11.4. The van der Waals surface area contributed by atoms with Crippen LogP contribution in [0.15, 0.2) is 18.2 Å². The SMILES string of the molecule is COC(=O)CNC(=O)C(c1ccc(C)c(C)c1)N(C(=O)C(C)NC(=O)OC(C)(C)C)C1CCC1. The smallest absolute Gasteiger partial charge is 0.408 e. The molecule has 1 aliphatic carbocycles. The lowest BCUT2D eigenvalue weighted by molar-refractivity contribution is -0.148. The van der Waals surface area contributed by atoms with E-state index in [9.17, 15) is 19.2 Å². The summed E-state index contributed by atoms with van der Waals surface area (Å²) in [4.78, 5) is 52.5. The summed E-state index contributed by atoms with van der Waals surface area (Å²) < 4.78 is 9.92. The number of aryl methyl sites for hydroxylation is 2. The van der Waals surface area contributed by atoms with Gasteiger partial charge in [0.05, 0.1) is 7.11 Å². The van der Waals surface area contributed by atoms with Gasteiger partial charge in [-0.1, -0.05) is 18.2 Å². The minimum atomic E-state index is -0.968. The number of esters is 1. The van der Waals surface area contributed by atoms with Gasteiger partial charge in [0.25, 0.3) is 0 Å². The van der Waals surface area contributed by atoms with Gasteiger partial charge in [-0.3, -0.25) is 14.4 Å². The molecule has 1 aromatic rings. The molecule has 1 fully saturated rings. The Labute approximate surface area is 201 Å². The van der Waals surface area contributed by atoms with Gasteiger partial charge < -0.3 is 25.0 Å². The number of alkyl carbamates (subject to hydrolysis) is 1. The number of carbonyl (C=O) groups is 4. The summed E-state index contributed by atoms with van der Waals surface area (Å²) >= 11 is 0. The number of ether oxygens (including phenoxy) is 2. The maximum atomic E-state index is 13.6. The first-order valence-electron chi connectivity index (χ1n) is 11.6. The van der Waals surface area contributed by atoms with E-state index in [2.05, 4.69) is 15.4 Å². The first-order chi connectivity index (χ1) is 15.8. The third-order valence-electron chi connectivity index (χ3n) is 5.83. The predicted molar refractivity (Wildman–Crippen MR) is 127 cm³/mol. The average Bonchev–Trinajstić information content (AvgIpc) is 2.70. The van der Waals surface area contributed by atoms with Crippen LogP contribution in [-0.2, 0) is 23.9 Å². The predicted octanol–water partition coefficient (Wildman–Crippen LogP) is 2.93. The summed E-state index contributed by atoms with van der Waals surface area (Å²) in [5, 5.41) is 5.18. The van der Waals surface area contributed by atoms with E-state index in [0.29, 0.717) is 5.56 Å². The number of carbonyl (C=O) groups excluding carboxylic acids is 4. The maximum Gasteiger partial charge on any atom is 0.408 e. The van der Waals surface area contributed by atoms with Gasteiger partial charge in [-0.05, 0) is 77.5 Å². The van der Waals surface area contributed by atoms with Crippen molar-refractivity contribution in [1.29, 1.82) is 0 Å². The van der Waals surface area contributed by atoms with E-state index in [1.165, 1.54) is 7.11 Å². The highest BCUT2D eigenvalue weighted by molar-refractivity contribution is 5.93. The third kappa shape index (κ3) is 7.20. The van der Waals surface area contributed by atoms with E-state index in [4.69, 9.17) is 4.74 Å². The molecule has 34 heavy (non-hydrogen) atoms. The van der Waals surface area contributed by atoms with Crippen LogP contribution >= 0.6 is 0 Å². The average molecular weight is 476 g/mol. The number of nitrogens with one attached hydrogen (secondary N) is 2. The van der Waals surface area contributed by atoms with E-state index in [0.717, 1.165) is 30.4 Å². The Morgan fingerprint density at radius 2 is 1.76 bits per heavy atom. The van der Waals surface area contributed by atoms with Crippen molar-refractivity contribution in [2.45, 2.75) is 84.5 Å². The summed E-state index contributed by atoms with van der Waals surface area (Å²) in [6.45, 7) is 10.4. The van der Waals surface area contributed by atoms with Crippen molar-refractivity contribution >= 4 is 23.9 Å². The quantitative estimate of drug-likeness (QED) is 0.559. The number of rotatable bonds is 8. The molecule has 0 spiro atoms. The number of methoxy groups -OCH3 is 1. The first kappa shape index (κ1) is 27.1. The molecule has 2 N–H and O–H groups in total. The van der Waals surface area contributed by atoms with Crippen LogP contribution < -0.4 is 10.6 Å². The van der Waals surface area contributed by atoms with E-state index in [1.807, 2.05) is 32.0 Å². The summed E-state index contributed by atoms with van der Waals surface area (Å²) in [6, 6.07) is 3.54. The Morgan fingerprint density at radius 3 is 2.26 bits per heavy atom. The van der Waals surface area contributed by atoms with Crippen LogP contribution in [0, 0.1) is 13.8 Å². The van der Waals surface area contributed by atoms with Crippen molar-refractivity contribution in [3.63, 3.8) is 0 Å². The fourth-order valence-corrected chi connectivity index (χ4v) is 3.65. The van der Waals surface area contributed by atoms with Crippen LogP contribution in [0.4, 0.5) is 4.79 Å². The molecule has 3 amide bonds. The molecule has 9 heteroatoms. The van der Waals surface area contributed by atoms with Gasteiger partial charge in [0.2, 0.25) is 11.8 Å². The Bertz CT molecular complexity index is 920. The fraction of sp³-hybridized carbons (Fsp3) is 0.600. The first-order valence-corrected chi connectivity index (χ1v) is 11.6. The number of hydrogen-bond acceptors (Lipinski definition) is 6. The third-order valence-corrected chi connectivity index (χ3v) is 5.83. The Hall–Kier alpha value is -3.10. The number of amides is 3. The highest BCUT2D eigenvalue weighted by Gasteiger charge is 2.41. The number of benzene rings is 1. The Balaban J connectivity index is 2.39. The molecule has 0 saturated heterocycles. The maximum absolute atomic E-state index is 13.6. The molecule has 1 saturated carbocycles. The van der Waals surface area contributed by atoms with Crippen molar-refractivity contribution in [1.82, 2.24) is 15.5 Å². The molecule has 2 atom stereocenters. The van der Waals surface area contributed by atoms with E-state index >= 15 is 0 Å². The fourth-order valence-electron chi connectivity index (χ4n) is 3.65. The summed E-state index contributed by atoms with van der Waals surface area (Å²) in [6.07, 6.45) is 1.72. The van der Waals surface area contributed by atoms with Gasteiger partial charge >= 0.3 is 12.1 Å². The normalized spacial score (nSPS) is 15.4. The van der Waals surface area contributed by atoms with Gasteiger partial charge in [-0.15, -0.1) is 0 Å². The molecule has 0 bridgehead atoms. The molecule has 1 aliphatic rings. The summed E-state index contributed by atoms with van der Waals surface area (Å²) in [5.41, 5.74) is 1.95. The standard InChI is InChI=1S/C25H37N3O6/c1-15-11-12-18(13-16(15)2)21(22(30)26-14-20(29)33-7)28(19-9-8-10-19)23(31)17(3)27-24(32)34-25(4,5)6/h11-13,17,19,21H,8-10,14H2,1-7H3,(H,26,30)(H,27,32). The van der Waals surface area contributed by atoms with Gasteiger partial charge in [-0.25, -0.2) is 4.79 Å². The Kier molecular flexibility index (Phi) is 9.06. The van der Waals surface area contributed by atoms with Crippen LogP contribution in [0.1, 0.15) is 69.7 Å². The summed E-state index contributed by atoms with van der Waals surface area (Å²) in [7, 11) is 1.24. The van der Waals surface area contributed by atoms with Crippen LogP contribution in [-0.4, -0.2) is 60.1 Å². The van der Waals surface area contributed by atoms with Crippen molar-refractivity contribution in [3.05, 3.63) is 34.9 Å². The monoisotopic (exact) mass is 475 g/mol. The zero-order valence-electron chi connectivity index (χ0n) is 21.2. The van der Waals surface area contributed by atoms with Gasteiger partial charge in [0.15, 0.2) is 0 Å². The molecule has 1 aromatic carbocycles. The molecule has 0 aliphatic heterocycles. The zero-order chi connectivity index (χ0) is 25.6. The van der Waals surface area contributed by atoms with E-state index in [-0.39, 0.29) is 12.6 Å². The van der Waals surface area contributed by atoms with E-state index in [1.54, 1.807) is 32.6 Å². The van der Waals surface area contributed by atoms with Crippen molar-refractivity contribution < 1.29 is 28.7 Å². The molecule has 2 unspecified atom stereocenters. The molecule has 0 heterocycles. The number of hydrogen-bond donors (Lipinski definition) is 2. The molecule has 0 aromatic heterocycles. The highest BCUT2D eigenvalue weighted by Crippen LogP contribution is 2.34.